The number of rotatable bonds is 3. The zero-order valence-corrected chi connectivity index (χ0v) is 14.7. The molecule has 2 rings (SSSR count). The average Bonchev–Trinajstić information content (AvgIpc) is 2.76. The van der Waals surface area contributed by atoms with E-state index in [4.69, 9.17) is 0 Å². The van der Waals surface area contributed by atoms with Crippen molar-refractivity contribution in [2.24, 2.45) is 0 Å². The molecule has 152 valence electrons. The van der Waals surface area contributed by atoms with Crippen molar-refractivity contribution >= 4 is 11.8 Å². The first-order valence-electron chi connectivity index (χ1n) is 8.13. The fourth-order valence-electron chi connectivity index (χ4n) is 3.06. The van der Waals surface area contributed by atoms with Gasteiger partial charge in [0.15, 0.2) is 0 Å². The van der Waals surface area contributed by atoms with E-state index in [9.17, 15) is 31.1 Å². The maximum absolute atomic E-state index is 13.1. The number of halogens is 6. The van der Waals surface area contributed by atoms with Gasteiger partial charge in [-0.15, -0.1) is 0 Å². The van der Waals surface area contributed by atoms with Crippen LogP contribution in [0.1, 0.15) is 27.9 Å². The van der Waals surface area contributed by atoms with Gasteiger partial charge in [-0.1, -0.05) is 0 Å². The van der Waals surface area contributed by atoms with Crippen molar-refractivity contribution < 1.29 is 35.9 Å². The molecule has 1 saturated heterocycles. The van der Waals surface area contributed by atoms with E-state index < -0.39 is 30.4 Å². The summed E-state index contributed by atoms with van der Waals surface area (Å²) in [5.41, 5.74) is -1.70. The normalized spacial score (nSPS) is 17.0. The molecule has 27 heavy (non-hydrogen) atoms. The lowest BCUT2D eigenvalue weighted by Crippen LogP contribution is -2.37. The number of esters is 1. The summed E-state index contributed by atoms with van der Waals surface area (Å²) in [5, 5.41) is 0. The molecule has 0 N–H and O–H groups in total. The molecule has 2 heterocycles. The fourth-order valence-corrected chi connectivity index (χ4v) is 3.06. The maximum Gasteiger partial charge on any atom is 0.418 e. The number of hydrogen-bond donors (Lipinski definition) is 0. The van der Waals surface area contributed by atoms with Crippen LogP contribution in [0.5, 0.6) is 0 Å². The molecule has 0 aliphatic carbocycles. The van der Waals surface area contributed by atoms with E-state index in [1.807, 2.05) is 0 Å². The van der Waals surface area contributed by atoms with Crippen LogP contribution < -0.4 is 4.90 Å². The summed E-state index contributed by atoms with van der Waals surface area (Å²) in [7, 11) is 1.04. The lowest BCUT2D eigenvalue weighted by Gasteiger charge is -2.26. The number of anilines is 1. The van der Waals surface area contributed by atoms with Gasteiger partial charge >= 0.3 is 18.3 Å². The van der Waals surface area contributed by atoms with Crippen molar-refractivity contribution in [3.63, 3.8) is 0 Å². The minimum absolute atomic E-state index is 0.0128. The Balaban J connectivity index is 2.35. The lowest BCUT2D eigenvalue weighted by atomic mass is 10.0. The highest BCUT2D eigenvalue weighted by molar-refractivity contribution is 5.96. The van der Waals surface area contributed by atoms with E-state index in [-0.39, 0.29) is 43.1 Å². The van der Waals surface area contributed by atoms with Gasteiger partial charge in [-0.3, -0.25) is 4.90 Å². The standard InChI is InChI=1S/C16H19F6N3O2/c1-10-11(16(20,21)22)8-23-13(12(10)14(26)27-2)25-5-3-4-24(6-7-25)9-15(17,18)19/h8H,3-7,9H2,1-2H3. The van der Waals surface area contributed by atoms with E-state index in [2.05, 4.69) is 9.72 Å². The Morgan fingerprint density at radius 2 is 1.81 bits per heavy atom. The molecule has 1 aromatic heterocycles. The molecule has 11 heteroatoms. The Labute approximate surface area is 151 Å². The number of ether oxygens (including phenoxy) is 1. The van der Waals surface area contributed by atoms with Gasteiger partial charge < -0.3 is 9.64 Å². The van der Waals surface area contributed by atoms with Crippen LogP contribution in [0.15, 0.2) is 6.20 Å². The first kappa shape index (κ1) is 21.3. The molecule has 0 radical (unpaired) electrons. The number of nitrogens with zero attached hydrogens (tertiary/aromatic N) is 3. The smallest absolute Gasteiger partial charge is 0.418 e. The molecular formula is C16H19F6N3O2. The van der Waals surface area contributed by atoms with Crippen LogP contribution >= 0.6 is 0 Å². The molecule has 0 atom stereocenters. The van der Waals surface area contributed by atoms with Crippen LogP contribution in [0.4, 0.5) is 32.2 Å². The molecular weight excluding hydrogens is 380 g/mol. The first-order chi connectivity index (χ1) is 12.4. The molecule has 0 aromatic carbocycles. The van der Waals surface area contributed by atoms with Gasteiger partial charge in [0.1, 0.15) is 11.4 Å². The second-order valence-electron chi connectivity index (χ2n) is 6.22. The molecule has 1 aliphatic rings. The highest BCUT2D eigenvalue weighted by Crippen LogP contribution is 2.35. The Morgan fingerprint density at radius 1 is 1.15 bits per heavy atom. The van der Waals surface area contributed by atoms with Crippen LogP contribution in [-0.2, 0) is 10.9 Å². The summed E-state index contributed by atoms with van der Waals surface area (Å²) in [4.78, 5) is 18.6. The van der Waals surface area contributed by atoms with Gasteiger partial charge in [-0.05, 0) is 18.9 Å². The van der Waals surface area contributed by atoms with Crippen molar-refractivity contribution in [3.8, 4) is 0 Å². The third-order valence-corrected chi connectivity index (χ3v) is 4.30. The van der Waals surface area contributed by atoms with Crippen molar-refractivity contribution in [1.82, 2.24) is 9.88 Å². The van der Waals surface area contributed by atoms with Crippen LogP contribution in [0.2, 0.25) is 0 Å². The number of carbonyl (C=O) groups is 1. The van der Waals surface area contributed by atoms with Crippen LogP contribution in [0.25, 0.3) is 0 Å². The second kappa shape index (κ2) is 7.91. The van der Waals surface area contributed by atoms with E-state index in [0.29, 0.717) is 12.6 Å². The zero-order valence-electron chi connectivity index (χ0n) is 14.7. The SMILES string of the molecule is COC(=O)c1c(N2CCCN(CC(F)(F)F)CC2)ncc(C(F)(F)F)c1C. The van der Waals surface area contributed by atoms with Gasteiger partial charge in [-0.25, -0.2) is 9.78 Å². The number of carbonyl (C=O) groups excluding carboxylic acids is 1. The summed E-state index contributed by atoms with van der Waals surface area (Å²) in [6, 6.07) is 0. The predicted octanol–water partition coefficient (Wildman–Crippen LogP) is 3.27. The van der Waals surface area contributed by atoms with Crippen LogP contribution in [0.3, 0.4) is 0 Å². The molecule has 0 spiro atoms. The van der Waals surface area contributed by atoms with Crippen molar-refractivity contribution in [2.75, 3.05) is 44.7 Å². The van der Waals surface area contributed by atoms with Gasteiger partial charge in [0, 0.05) is 32.4 Å². The van der Waals surface area contributed by atoms with E-state index in [0.717, 1.165) is 14.0 Å². The van der Waals surface area contributed by atoms with Gasteiger partial charge in [0.05, 0.1) is 19.2 Å². The highest BCUT2D eigenvalue weighted by atomic mass is 19.4. The molecule has 0 amide bonds. The fraction of sp³-hybridized carbons (Fsp3) is 0.625. The quantitative estimate of drug-likeness (QED) is 0.577. The average molecular weight is 399 g/mol. The molecule has 1 fully saturated rings. The minimum Gasteiger partial charge on any atom is -0.465 e. The van der Waals surface area contributed by atoms with Gasteiger partial charge in [-0.2, -0.15) is 26.3 Å². The van der Waals surface area contributed by atoms with Gasteiger partial charge in [0.2, 0.25) is 0 Å². The van der Waals surface area contributed by atoms with Crippen molar-refractivity contribution in [1.29, 1.82) is 0 Å². The maximum atomic E-state index is 13.1. The summed E-state index contributed by atoms with van der Waals surface area (Å²) in [6.45, 7) is 0.664. The van der Waals surface area contributed by atoms with Gasteiger partial charge in [0.25, 0.3) is 0 Å². The van der Waals surface area contributed by atoms with Crippen LogP contribution in [-0.4, -0.2) is 61.9 Å². The predicted molar refractivity (Wildman–Crippen MR) is 84.6 cm³/mol. The number of methoxy groups -OCH3 is 1. The third-order valence-electron chi connectivity index (χ3n) is 4.30. The molecule has 1 aromatic rings. The first-order valence-corrected chi connectivity index (χ1v) is 8.13. The second-order valence-corrected chi connectivity index (χ2v) is 6.22. The van der Waals surface area contributed by atoms with E-state index >= 15 is 0 Å². The summed E-state index contributed by atoms with van der Waals surface area (Å²) >= 11 is 0. The number of hydrogen-bond acceptors (Lipinski definition) is 5. The van der Waals surface area contributed by atoms with Crippen molar-refractivity contribution in [2.45, 2.75) is 25.7 Å². The molecule has 0 saturated carbocycles. The zero-order chi connectivity index (χ0) is 20.4. The summed E-state index contributed by atoms with van der Waals surface area (Å²) < 4.78 is 81.7. The third kappa shape index (κ3) is 5.24. The topological polar surface area (TPSA) is 45.7 Å². The van der Waals surface area contributed by atoms with E-state index in [1.165, 1.54) is 9.80 Å². The highest BCUT2D eigenvalue weighted by Gasteiger charge is 2.37. The monoisotopic (exact) mass is 399 g/mol. The molecule has 0 unspecified atom stereocenters. The number of alkyl halides is 6. The van der Waals surface area contributed by atoms with Crippen LogP contribution in [0, 0.1) is 6.92 Å². The number of pyridine rings is 1. The number of aromatic nitrogens is 1. The summed E-state index contributed by atoms with van der Waals surface area (Å²) in [5.74, 6) is -0.987. The minimum atomic E-state index is -4.69. The Hall–Kier alpha value is -2.04. The molecule has 5 nitrogen and oxygen atoms in total. The lowest BCUT2D eigenvalue weighted by molar-refractivity contribution is -0.145. The molecule has 1 aliphatic heterocycles. The Bertz CT molecular complexity index is 690. The van der Waals surface area contributed by atoms with E-state index in [1.54, 1.807) is 0 Å². The summed E-state index contributed by atoms with van der Waals surface area (Å²) in [6.07, 6.45) is -8.05. The largest absolute Gasteiger partial charge is 0.465 e. The molecule has 0 bridgehead atoms. The Morgan fingerprint density at radius 3 is 2.37 bits per heavy atom. The Kier molecular flexibility index (Phi) is 6.23. The van der Waals surface area contributed by atoms with Crippen molar-refractivity contribution in [3.05, 3.63) is 22.9 Å².